The molecule has 2 unspecified atom stereocenters. The van der Waals surface area contributed by atoms with Crippen LogP contribution in [0.15, 0.2) is 12.2 Å². The number of hydrogen-bond donors (Lipinski definition) is 0. The maximum absolute atomic E-state index is 5.47. The summed E-state index contributed by atoms with van der Waals surface area (Å²) >= 11 is 0. The highest BCUT2D eigenvalue weighted by Crippen LogP contribution is 2.39. The van der Waals surface area contributed by atoms with Crippen molar-refractivity contribution in [3.8, 4) is 0 Å². The molecule has 0 aromatic heterocycles. The van der Waals surface area contributed by atoms with Crippen LogP contribution in [-0.4, -0.2) is 24.4 Å². The van der Waals surface area contributed by atoms with Gasteiger partial charge in [0.2, 0.25) is 0 Å². The maximum Gasteiger partial charge on any atom is 0.102 e. The molecular weight excluding hydrogens is 152 g/mol. The van der Waals surface area contributed by atoms with E-state index in [0.29, 0.717) is 12.2 Å². The molecule has 0 radical (unpaired) electrons. The fourth-order valence-electron chi connectivity index (χ4n) is 1.50. The van der Waals surface area contributed by atoms with Crippen LogP contribution in [0.3, 0.4) is 0 Å². The number of rotatable bonds is 4. The third kappa shape index (κ3) is 1.70. The van der Waals surface area contributed by atoms with E-state index in [1.54, 1.807) is 0 Å². The zero-order valence-electron chi connectivity index (χ0n) is 7.80. The number of epoxide rings is 2. The lowest BCUT2D eigenvalue weighted by Crippen LogP contribution is -2.03. The molecule has 12 heavy (non-hydrogen) atoms. The van der Waals surface area contributed by atoms with Gasteiger partial charge in [-0.3, -0.25) is 0 Å². The summed E-state index contributed by atoms with van der Waals surface area (Å²) in [7, 11) is 0. The van der Waals surface area contributed by atoms with E-state index < -0.39 is 0 Å². The first kappa shape index (κ1) is 8.27. The van der Waals surface area contributed by atoms with Crippen molar-refractivity contribution in [3.05, 3.63) is 12.2 Å². The molecule has 0 aliphatic carbocycles. The van der Waals surface area contributed by atoms with Gasteiger partial charge in [-0.2, -0.15) is 0 Å². The second kappa shape index (κ2) is 2.57. The summed E-state index contributed by atoms with van der Waals surface area (Å²) in [5.41, 5.74) is 1.37. The van der Waals surface area contributed by atoms with Crippen LogP contribution in [0.4, 0.5) is 0 Å². The van der Waals surface area contributed by atoms with Crippen LogP contribution in [0.5, 0.6) is 0 Å². The van der Waals surface area contributed by atoms with E-state index in [1.807, 2.05) is 0 Å². The molecule has 0 aromatic carbocycles. The van der Waals surface area contributed by atoms with Gasteiger partial charge in [0, 0.05) is 0 Å². The van der Waals surface area contributed by atoms with E-state index in [2.05, 4.69) is 20.4 Å². The molecule has 2 atom stereocenters. The first-order valence-electron chi connectivity index (χ1n) is 4.57. The van der Waals surface area contributed by atoms with Crippen molar-refractivity contribution in [1.82, 2.24) is 0 Å². The Hall–Kier alpha value is -0.340. The monoisotopic (exact) mass is 168 g/mol. The van der Waals surface area contributed by atoms with E-state index in [-0.39, 0.29) is 5.60 Å². The van der Waals surface area contributed by atoms with Gasteiger partial charge in [-0.15, -0.1) is 0 Å². The van der Waals surface area contributed by atoms with Crippen molar-refractivity contribution in [3.63, 3.8) is 0 Å². The van der Waals surface area contributed by atoms with Gasteiger partial charge >= 0.3 is 0 Å². The third-order valence-electron chi connectivity index (χ3n) is 2.68. The topological polar surface area (TPSA) is 25.1 Å². The van der Waals surface area contributed by atoms with Gasteiger partial charge in [0.1, 0.15) is 6.10 Å². The highest BCUT2D eigenvalue weighted by Gasteiger charge is 2.47. The molecule has 2 aliphatic heterocycles. The second-order valence-corrected chi connectivity index (χ2v) is 4.23. The minimum atomic E-state index is 0.130. The fourth-order valence-corrected chi connectivity index (χ4v) is 1.50. The average Bonchev–Trinajstić information content (AvgIpc) is 2.81. The Morgan fingerprint density at radius 3 is 2.58 bits per heavy atom. The Morgan fingerprint density at radius 2 is 2.17 bits per heavy atom. The molecule has 2 fully saturated rings. The minimum Gasteiger partial charge on any atom is -0.368 e. The first-order valence-corrected chi connectivity index (χ1v) is 4.57. The molecule has 2 heteroatoms. The van der Waals surface area contributed by atoms with Crippen molar-refractivity contribution in [2.75, 3.05) is 6.61 Å². The van der Waals surface area contributed by atoms with Gasteiger partial charge in [0.05, 0.1) is 18.3 Å². The minimum absolute atomic E-state index is 0.130. The van der Waals surface area contributed by atoms with Gasteiger partial charge in [0.15, 0.2) is 0 Å². The van der Waals surface area contributed by atoms with Crippen LogP contribution in [0.2, 0.25) is 0 Å². The molecule has 0 aromatic rings. The largest absolute Gasteiger partial charge is 0.368 e. The lowest BCUT2D eigenvalue weighted by atomic mass is 10.0. The van der Waals surface area contributed by atoms with Crippen LogP contribution in [0.1, 0.15) is 26.7 Å². The lowest BCUT2D eigenvalue weighted by Gasteiger charge is -1.99. The summed E-state index contributed by atoms with van der Waals surface area (Å²) in [5.74, 6) is 0. The molecule has 0 bridgehead atoms. The number of ether oxygens (including phenoxy) is 2. The molecule has 2 heterocycles. The maximum atomic E-state index is 5.47. The quantitative estimate of drug-likeness (QED) is 0.473. The predicted octanol–water partition coefficient (Wildman–Crippen LogP) is 1.90. The smallest absolute Gasteiger partial charge is 0.102 e. The van der Waals surface area contributed by atoms with Crippen molar-refractivity contribution in [2.45, 2.75) is 44.5 Å². The molecule has 0 saturated carbocycles. The molecule has 2 aliphatic rings. The summed E-state index contributed by atoms with van der Waals surface area (Å²) in [4.78, 5) is 0. The summed E-state index contributed by atoms with van der Waals surface area (Å²) in [5, 5.41) is 0. The SMILES string of the molecule is C=C(CCC1OC1(C)C)C1CO1. The Balaban J connectivity index is 1.66. The van der Waals surface area contributed by atoms with Gasteiger partial charge in [-0.1, -0.05) is 6.58 Å². The van der Waals surface area contributed by atoms with Gasteiger partial charge in [-0.25, -0.2) is 0 Å². The zero-order chi connectivity index (χ0) is 8.77. The summed E-state index contributed by atoms with van der Waals surface area (Å²) in [6.45, 7) is 9.13. The normalized spacial score (nSPS) is 36.2. The summed E-state index contributed by atoms with van der Waals surface area (Å²) in [6, 6.07) is 0. The Morgan fingerprint density at radius 1 is 1.58 bits per heavy atom. The van der Waals surface area contributed by atoms with Gasteiger partial charge in [0.25, 0.3) is 0 Å². The van der Waals surface area contributed by atoms with Crippen molar-refractivity contribution < 1.29 is 9.47 Å². The second-order valence-electron chi connectivity index (χ2n) is 4.23. The van der Waals surface area contributed by atoms with E-state index in [4.69, 9.17) is 9.47 Å². The lowest BCUT2D eigenvalue weighted by molar-refractivity contribution is 0.319. The molecule has 2 nitrogen and oxygen atoms in total. The summed E-state index contributed by atoms with van der Waals surface area (Å²) in [6.07, 6.45) is 2.98. The third-order valence-corrected chi connectivity index (χ3v) is 2.68. The molecule has 0 amide bonds. The highest BCUT2D eigenvalue weighted by atomic mass is 16.6. The van der Waals surface area contributed by atoms with Crippen LogP contribution in [0, 0.1) is 0 Å². The molecule has 0 spiro atoms. The Kier molecular flexibility index (Phi) is 1.77. The van der Waals surface area contributed by atoms with Gasteiger partial charge in [-0.05, 0) is 32.3 Å². The van der Waals surface area contributed by atoms with Gasteiger partial charge < -0.3 is 9.47 Å². The van der Waals surface area contributed by atoms with Crippen molar-refractivity contribution in [2.24, 2.45) is 0 Å². The van der Waals surface area contributed by atoms with Crippen LogP contribution >= 0.6 is 0 Å². The zero-order valence-corrected chi connectivity index (χ0v) is 7.80. The molecule has 2 saturated heterocycles. The molecular formula is C10H16O2. The van der Waals surface area contributed by atoms with Crippen molar-refractivity contribution >= 4 is 0 Å². The number of hydrogen-bond acceptors (Lipinski definition) is 2. The van der Waals surface area contributed by atoms with E-state index in [1.165, 1.54) is 5.57 Å². The first-order chi connectivity index (χ1) is 5.59. The standard InChI is InChI=1S/C10H16O2/c1-7(8-6-11-8)4-5-9-10(2,3)12-9/h8-9H,1,4-6H2,2-3H3. The highest BCUT2D eigenvalue weighted by molar-refractivity contribution is 5.09. The fraction of sp³-hybridized carbons (Fsp3) is 0.800. The van der Waals surface area contributed by atoms with Crippen LogP contribution < -0.4 is 0 Å². The predicted molar refractivity (Wildman–Crippen MR) is 47.1 cm³/mol. The van der Waals surface area contributed by atoms with E-state index >= 15 is 0 Å². The van der Waals surface area contributed by atoms with Crippen LogP contribution in [-0.2, 0) is 9.47 Å². The van der Waals surface area contributed by atoms with Crippen molar-refractivity contribution in [1.29, 1.82) is 0 Å². The Labute approximate surface area is 73.5 Å². The average molecular weight is 168 g/mol. The molecule has 0 N–H and O–H groups in total. The summed E-state index contributed by atoms with van der Waals surface area (Å²) < 4.78 is 10.6. The Bertz CT molecular complexity index is 204. The van der Waals surface area contributed by atoms with E-state index in [9.17, 15) is 0 Å². The molecule has 68 valence electrons. The van der Waals surface area contributed by atoms with E-state index in [0.717, 1.165) is 19.4 Å². The van der Waals surface area contributed by atoms with Crippen LogP contribution in [0.25, 0.3) is 0 Å². The molecule has 2 rings (SSSR count).